The van der Waals surface area contributed by atoms with Gasteiger partial charge in [-0.25, -0.2) is 0 Å². The molecule has 0 saturated heterocycles. The number of hydrogen-bond acceptors (Lipinski definition) is 3. The van der Waals surface area contributed by atoms with Crippen LogP contribution in [-0.2, 0) is 11.2 Å². The van der Waals surface area contributed by atoms with Crippen molar-refractivity contribution in [1.82, 2.24) is 5.32 Å². The highest BCUT2D eigenvalue weighted by Crippen LogP contribution is 2.34. The molecule has 0 aromatic heterocycles. The highest BCUT2D eigenvalue weighted by Gasteiger charge is 2.41. The first kappa shape index (κ1) is 13.4. The molecule has 0 spiro atoms. The molecule has 2 rings (SSSR count). The molecule has 0 aliphatic heterocycles. The summed E-state index contributed by atoms with van der Waals surface area (Å²) < 4.78 is 0. The zero-order valence-corrected chi connectivity index (χ0v) is 11.0. The Labute approximate surface area is 113 Å². The number of carbonyl (C=O) groups excluding carboxylic acids is 1. The van der Waals surface area contributed by atoms with Crippen molar-refractivity contribution in [2.24, 2.45) is 5.92 Å². The van der Waals surface area contributed by atoms with Crippen LogP contribution in [-0.4, -0.2) is 16.6 Å². The standard InChI is InChI=1S/C15H18N2O2/c1-11-4-3-7-15(11,10-16)17-14(19)9-12-5-2-6-13(18)8-12/h2,5-6,8,11,18H,3-4,7,9H2,1H3,(H,17,19)/t11-,15-/m0/s1. The summed E-state index contributed by atoms with van der Waals surface area (Å²) in [6, 6.07) is 8.90. The van der Waals surface area contributed by atoms with Crippen molar-refractivity contribution in [1.29, 1.82) is 5.26 Å². The summed E-state index contributed by atoms with van der Waals surface area (Å²) in [6.07, 6.45) is 2.85. The van der Waals surface area contributed by atoms with Crippen LogP contribution in [0.1, 0.15) is 31.7 Å². The third-order valence-electron chi connectivity index (χ3n) is 3.89. The summed E-state index contributed by atoms with van der Waals surface area (Å²) >= 11 is 0. The molecule has 100 valence electrons. The van der Waals surface area contributed by atoms with Gasteiger partial charge in [0.2, 0.25) is 5.91 Å². The van der Waals surface area contributed by atoms with Gasteiger partial charge in [0.15, 0.2) is 0 Å². The van der Waals surface area contributed by atoms with Crippen molar-refractivity contribution < 1.29 is 9.90 Å². The summed E-state index contributed by atoms with van der Waals surface area (Å²) in [7, 11) is 0. The van der Waals surface area contributed by atoms with E-state index in [1.165, 1.54) is 0 Å². The summed E-state index contributed by atoms with van der Waals surface area (Å²) in [6.45, 7) is 2.00. The monoisotopic (exact) mass is 258 g/mol. The highest BCUT2D eigenvalue weighted by atomic mass is 16.3. The number of phenols is 1. The van der Waals surface area contributed by atoms with E-state index < -0.39 is 5.54 Å². The van der Waals surface area contributed by atoms with E-state index in [-0.39, 0.29) is 24.0 Å². The minimum atomic E-state index is -0.714. The fraction of sp³-hybridized carbons (Fsp3) is 0.467. The maximum absolute atomic E-state index is 12.0. The minimum absolute atomic E-state index is 0.148. The van der Waals surface area contributed by atoms with Gasteiger partial charge in [0.25, 0.3) is 0 Å². The van der Waals surface area contributed by atoms with E-state index in [4.69, 9.17) is 0 Å². The van der Waals surface area contributed by atoms with E-state index >= 15 is 0 Å². The molecule has 4 heteroatoms. The lowest BCUT2D eigenvalue weighted by molar-refractivity contribution is -0.122. The van der Waals surface area contributed by atoms with Crippen LogP contribution < -0.4 is 5.32 Å². The second-order valence-electron chi connectivity index (χ2n) is 5.27. The van der Waals surface area contributed by atoms with Crippen LogP contribution in [0.5, 0.6) is 5.75 Å². The Hall–Kier alpha value is -2.02. The van der Waals surface area contributed by atoms with Gasteiger partial charge in [-0.1, -0.05) is 19.1 Å². The smallest absolute Gasteiger partial charge is 0.225 e. The molecule has 0 bridgehead atoms. The van der Waals surface area contributed by atoms with Crippen molar-refractivity contribution in [2.75, 3.05) is 0 Å². The summed E-state index contributed by atoms with van der Waals surface area (Å²) in [5, 5.41) is 21.6. The lowest BCUT2D eigenvalue weighted by Crippen LogP contribution is -2.49. The van der Waals surface area contributed by atoms with Gasteiger partial charge in [-0.2, -0.15) is 5.26 Å². The normalized spacial score (nSPS) is 25.8. The quantitative estimate of drug-likeness (QED) is 0.872. The van der Waals surface area contributed by atoms with Crippen LogP contribution in [0.25, 0.3) is 0 Å². The number of nitriles is 1. The molecule has 0 radical (unpaired) electrons. The van der Waals surface area contributed by atoms with E-state index in [0.717, 1.165) is 24.8 Å². The number of amides is 1. The van der Waals surface area contributed by atoms with Crippen LogP contribution in [0.15, 0.2) is 24.3 Å². The van der Waals surface area contributed by atoms with Crippen LogP contribution in [0, 0.1) is 17.2 Å². The third-order valence-corrected chi connectivity index (χ3v) is 3.89. The third kappa shape index (κ3) is 2.87. The molecule has 1 fully saturated rings. The maximum Gasteiger partial charge on any atom is 0.225 e. The number of nitrogens with zero attached hydrogens (tertiary/aromatic N) is 1. The van der Waals surface area contributed by atoms with Gasteiger partial charge in [-0.15, -0.1) is 0 Å². The van der Waals surface area contributed by atoms with E-state index in [2.05, 4.69) is 11.4 Å². The first-order valence-corrected chi connectivity index (χ1v) is 6.56. The summed E-state index contributed by atoms with van der Waals surface area (Å²) in [5.74, 6) is 0.168. The average molecular weight is 258 g/mol. The van der Waals surface area contributed by atoms with Gasteiger partial charge >= 0.3 is 0 Å². The number of rotatable bonds is 3. The minimum Gasteiger partial charge on any atom is -0.508 e. The molecule has 0 unspecified atom stereocenters. The molecule has 2 atom stereocenters. The van der Waals surface area contributed by atoms with Crippen LogP contribution in [0.3, 0.4) is 0 Å². The van der Waals surface area contributed by atoms with Gasteiger partial charge in [-0.3, -0.25) is 4.79 Å². The van der Waals surface area contributed by atoms with Crippen molar-refractivity contribution >= 4 is 5.91 Å². The van der Waals surface area contributed by atoms with Crippen molar-refractivity contribution in [3.63, 3.8) is 0 Å². The molecule has 1 aromatic rings. The molecule has 1 aliphatic rings. The predicted octanol–water partition coefficient (Wildman–Crippen LogP) is 2.13. The molecule has 1 aromatic carbocycles. The number of aromatic hydroxyl groups is 1. The first-order chi connectivity index (χ1) is 9.05. The van der Waals surface area contributed by atoms with Crippen molar-refractivity contribution in [3.05, 3.63) is 29.8 Å². The first-order valence-electron chi connectivity index (χ1n) is 6.56. The van der Waals surface area contributed by atoms with E-state index in [1.54, 1.807) is 24.3 Å². The zero-order chi connectivity index (χ0) is 13.9. The second kappa shape index (κ2) is 5.31. The fourth-order valence-corrected chi connectivity index (χ4v) is 2.70. The van der Waals surface area contributed by atoms with Crippen LogP contribution >= 0.6 is 0 Å². The van der Waals surface area contributed by atoms with Gasteiger partial charge in [0.05, 0.1) is 12.5 Å². The van der Waals surface area contributed by atoms with Crippen LogP contribution in [0.2, 0.25) is 0 Å². The Morgan fingerprint density at radius 1 is 1.63 bits per heavy atom. The number of carbonyl (C=O) groups is 1. The van der Waals surface area contributed by atoms with E-state index in [0.29, 0.717) is 0 Å². The summed E-state index contributed by atoms with van der Waals surface area (Å²) in [5.41, 5.74) is 0.0321. The number of nitrogens with one attached hydrogen (secondary N) is 1. The number of hydrogen-bond donors (Lipinski definition) is 2. The Bertz CT molecular complexity index is 521. The molecular formula is C15H18N2O2. The Balaban J connectivity index is 2.03. The van der Waals surface area contributed by atoms with Gasteiger partial charge in [-0.05, 0) is 42.9 Å². The molecule has 1 aliphatic carbocycles. The topological polar surface area (TPSA) is 73.1 Å². The second-order valence-corrected chi connectivity index (χ2v) is 5.27. The maximum atomic E-state index is 12.0. The molecule has 1 saturated carbocycles. The molecule has 4 nitrogen and oxygen atoms in total. The van der Waals surface area contributed by atoms with Crippen molar-refractivity contribution in [2.45, 2.75) is 38.1 Å². The predicted molar refractivity (Wildman–Crippen MR) is 71.3 cm³/mol. The average Bonchev–Trinajstić information content (AvgIpc) is 2.71. The van der Waals surface area contributed by atoms with E-state index in [9.17, 15) is 15.2 Å². The van der Waals surface area contributed by atoms with E-state index in [1.807, 2.05) is 6.92 Å². The van der Waals surface area contributed by atoms with Crippen LogP contribution in [0.4, 0.5) is 0 Å². The molecular weight excluding hydrogens is 240 g/mol. The lowest BCUT2D eigenvalue weighted by atomic mass is 9.89. The summed E-state index contributed by atoms with van der Waals surface area (Å²) in [4.78, 5) is 12.0. The highest BCUT2D eigenvalue weighted by molar-refractivity contribution is 5.80. The zero-order valence-electron chi connectivity index (χ0n) is 11.0. The lowest BCUT2D eigenvalue weighted by Gasteiger charge is -2.27. The fourth-order valence-electron chi connectivity index (χ4n) is 2.70. The SMILES string of the molecule is C[C@H]1CCC[C@@]1(C#N)NC(=O)Cc1cccc(O)c1. The largest absolute Gasteiger partial charge is 0.508 e. The number of phenolic OH excluding ortho intramolecular Hbond substituents is 1. The Morgan fingerprint density at radius 3 is 3.00 bits per heavy atom. The van der Waals surface area contributed by atoms with Crippen molar-refractivity contribution in [3.8, 4) is 11.8 Å². The molecule has 19 heavy (non-hydrogen) atoms. The van der Waals surface area contributed by atoms with Gasteiger partial charge in [0.1, 0.15) is 11.3 Å². The van der Waals surface area contributed by atoms with Gasteiger partial charge < -0.3 is 10.4 Å². The van der Waals surface area contributed by atoms with Gasteiger partial charge in [0, 0.05) is 0 Å². The number of benzene rings is 1. The molecule has 0 heterocycles. The molecule has 1 amide bonds. The molecule has 2 N–H and O–H groups in total. The Kier molecular flexibility index (Phi) is 3.75. The Morgan fingerprint density at radius 2 is 2.42 bits per heavy atom.